The zero-order chi connectivity index (χ0) is 18.0. The maximum absolute atomic E-state index is 12.4. The fourth-order valence-corrected chi connectivity index (χ4v) is 2.87. The van der Waals surface area contributed by atoms with Gasteiger partial charge in [-0.3, -0.25) is 4.79 Å². The first-order chi connectivity index (χ1) is 11.9. The lowest BCUT2D eigenvalue weighted by Crippen LogP contribution is -2.29. The lowest BCUT2D eigenvalue weighted by molar-refractivity contribution is 0.0937. The Balaban J connectivity index is 1.87. The molecule has 3 aromatic heterocycles. The van der Waals surface area contributed by atoms with Gasteiger partial charge in [-0.1, -0.05) is 23.2 Å². The van der Waals surface area contributed by atoms with Crippen molar-refractivity contribution in [2.24, 2.45) is 0 Å². The molecular weight excluding hydrogens is 433 g/mol. The van der Waals surface area contributed by atoms with Crippen molar-refractivity contribution in [2.75, 3.05) is 0 Å². The Morgan fingerprint density at radius 3 is 2.48 bits per heavy atom. The summed E-state index contributed by atoms with van der Waals surface area (Å²) in [4.78, 5) is 28.8. The molecule has 0 spiro atoms. The minimum atomic E-state index is -0.485. The predicted molar refractivity (Wildman–Crippen MR) is 94.8 cm³/mol. The Kier molecular flexibility index (Phi) is 5.26. The van der Waals surface area contributed by atoms with Crippen molar-refractivity contribution < 1.29 is 4.79 Å². The summed E-state index contributed by atoms with van der Waals surface area (Å²) < 4.78 is 1.80. The standard InChI is InChI=1S/C14H10BrCl2N7O/c1-7(20-12(25)8-5-9(16)21-10(17)6-8)11-22-13(15)23-24(11)14-18-3-2-4-19-14/h2-7H,1H3,(H,20,25). The maximum atomic E-state index is 12.4. The quantitative estimate of drug-likeness (QED) is 0.623. The van der Waals surface area contributed by atoms with Crippen LogP contribution in [-0.4, -0.2) is 35.6 Å². The van der Waals surface area contributed by atoms with Crippen molar-refractivity contribution in [1.82, 2.24) is 35.0 Å². The van der Waals surface area contributed by atoms with Gasteiger partial charge in [-0.15, -0.1) is 5.10 Å². The van der Waals surface area contributed by atoms with Crippen LogP contribution in [0.1, 0.15) is 29.1 Å². The molecule has 1 N–H and O–H groups in total. The van der Waals surface area contributed by atoms with Crippen LogP contribution in [0, 0.1) is 0 Å². The van der Waals surface area contributed by atoms with Crippen LogP contribution in [0.4, 0.5) is 0 Å². The van der Waals surface area contributed by atoms with E-state index in [0.717, 1.165) is 0 Å². The molecule has 1 unspecified atom stereocenters. The average molecular weight is 443 g/mol. The van der Waals surface area contributed by atoms with Crippen LogP contribution in [0.5, 0.6) is 0 Å². The smallest absolute Gasteiger partial charge is 0.252 e. The van der Waals surface area contributed by atoms with Gasteiger partial charge in [0.15, 0.2) is 5.82 Å². The van der Waals surface area contributed by atoms with E-state index in [1.807, 2.05) is 0 Å². The number of rotatable bonds is 4. The number of aromatic nitrogens is 6. The molecule has 0 saturated carbocycles. The van der Waals surface area contributed by atoms with Gasteiger partial charge in [0.2, 0.25) is 4.73 Å². The summed E-state index contributed by atoms with van der Waals surface area (Å²) in [5.41, 5.74) is 0.290. The van der Waals surface area contributed by atoms with Crippen molar-refractivity contribution in [3.63, 3.8) is 0 Å². The lowest BCUT2D eigenvalue weighted by Gasteiger charge is -2.14. The van der Waals surface area contributed by atoms with Crippen molar-refractivity contribution in [3.05, 3.63) is 57.0 Å². The molecule has 11 heteroatoms. The molecule has 25 heavy (non-hydrogen) atoms. The van der Waals surface area contributed by atoms with Crippen molar-refractivity contribution in [3.8, 4) is 5.95 Å². The molecule has 0 aromatic carbocycles. The van der Waals surface area contributed by atoms with Crippen molar-refractivity contribution in [1.29, 1.82) is 0 Å². The molecule has 0 aliphatic rings. The van der Waals surface area contributed by atoms with Gasteiger partial charge in [0.05, 0.1) is 6.04 Å². The lowest BCUT2D eigenvalue weighted by atomic mass is 10.2. The number of carbonyl (C=O) groups is 1. The van der Waals surface area contributed by atoms with E-state index in [2.05, 4.69) is 46.3 Å². The molecule has 0 bridgehead atoms. The normalized spacial score (nSPS) is 12.0. The molecule has 1 atom stereocenters. The number of halogens is 3. The predicted octanol–water partition coefficient (Wildman–Crippen LogP) is 3.01. The first-order valence-corrected chi connectivity index (χ1v) is 8.52. The van der Waals surface area contributed by atoms with Crippen molar-refractivity contribution >= 4 is 45.0 Å². The molecule has 3 aromatic rings. The fourth-order valence-electron chi connectivity index (χ4n) is 2.07. The summed E-state index contributed by atoms with van der Waals surface area (Å²) in [7, 11) is 0. The maximum Gasteiger partial charge on any atom is 0.252 e. The third-order valence-corrected chi connectivity index (χ3v) is 3.83. The van der Waals surface area contributed by atoms with Gasteiger partial charge in [0.1, 0.15) is 10.3 Å². The van der Waals surface area contributed by atoms with Crippen LogP contribution < -0.4 is 5.32 Å². The number of carbonyl (C=O) groups excluding carboxylic acids is 1. The zero-order valence-electron chi connectivity index (χ0n) is 12.7. The summed E-state index contributed by atoms with van der Waals surface area (Å²) in [5, 5.41) is 7.28. The molecule has 0 aliphatic carbocycles. The molecule has 0 fully saturated rings. The number of hydrogen-bond acceptors (Lipinski definition) is 6. The van der Waals surface area contributed by atoms with Gasteiger partial charge in [0.25, 0.3) is 11.9 Å². The average Bonchev–Trinajstić information content (AvgIpc) is 2.97. The van der Waals surface area contributed by atoms with E-state index in [0.29, 0.717) is 16.5 Å². The minimum absolute atomic E-state index is 0.133. The summed E-state index contributed by atoms with van der Waals surface area (Å²) in [5.74, 6) is 0.419. The summed E-state index contributed by atoms with van der Waals surface area (Å²) in [6.07, 6.45) is 3.18. The highest BCUT2D eigenvalue weighted by atomic mass is 79.9. The summed E-state index contributed by atoms with van der Waals surface area (Å²) >= 11 is 14.9. The first kappa shape index (κ1) is 17.7. The molecule has 0 radical (unpaired) electrons. The fraction of sp³-hybridized carbons (Fsp3) is 0.143. The highest BCUT2D eigenvalue weighted by molar-refractivity contribution is 9.10. The second kappa shape index (κ2) is 7.42. The van der Waals surface area contributed by atoms with Crippen LogP contribution in [-0.2, 0) is 0 Å². The number of nitrogens with one attached hydrogen (secondary N) is 1. The first-order valence-electron chi connectivity index (χ1n) is 6.98. The topological polar surface area (TPSA) is 98.5 Å². The SMILES string of the molecule is CC(NC(=O)c1cc(Cl)nc(Cl)c1)c1nc(Br)nn1-c1ncccn1. The van der Waals surface area contributed by atoms with E-state index >= 15 is 0 Å². The van der Waals surface area contributed by atoms with Gasteiger partial charge in [0, 0.05) is 18.0 Å². The molecule has 1 amide bonds. The molecular formula is C14H10BrCl2N7O. The van der Waals surface area contributed by atoms with Crippen LogP contribution in [0.25, 0.3) is 5.95 Å². The van der Waals surface area contributed by atoms with Gasteiger partial charge in [-0.2, -0.15) is 4.68 Å². The Bertz CT molecular complexity index is 899. The zero-order valence-corrected chi connectivity index (χ0v) is 15.8. The van der Waals surface area contributed by atoms with Crippen LogP contribution in [0.15, 0.2) is 35.3 Å². The van der Waals surface area contributed by atoms with E-state index in [1.165, 1.54) is 16.8 Å². The number of pyridine rings is 1. The van der Waals surface area contributed by atoms with Crippen LogP contribution in [0.3, 0.4) is 0 Å². The van der Waals surface area contributed by atoms with E-state index in [4.69, 9.17) is 23.2 Å². The second-order valence-electron chi connectivity index (χ2n) is 4.90. The van der Waals surface area contributed by atoms with Gasteiger partial charge in [-0.25, -0.2) is 19.9 Å². The number of nitrogens with zero attached hydrogens (tertiary/aromatic N) is 6. The molecule has 3 rings (SSSR count). The summed E-state index contributed by atoms with van der Waals surface area (Å²) in [6.45, 7) is 1.76. The highest BCUT2D eigenvalue weighted by Gasteiger charge is 2.21. The third-order valence-electron chi connectivity index (χ3n) is 3.11. The molecule has 0 saturated heterocycles. The second-order valence-corrected chi connectivity index (χ2v) is 6.38. The van der Waals surface area contributed by atoms with Gasteiger partial charge >= 0.3 is 0 Å². The molecule has 3 heterocycles. The minimum Gasteiger partial charge on any atom is -0.342 e. The molecule has 8 nitrogen and oxygen atoms in total. The monoisotopic (exact) mass is 441 g/mol. The summed E-state index contributed by atoms with van der Waals surface area (Å²) in [6, 6.07) is 4.06. The molecule has 128 valence electrons. The van der Waals surface area contributed by atoms with E-state index in [-0.39, 0.29) is 21.8 Å². The van der Waals surface area contributed by atoms with E-state index in [1.54, 1.807) is 25.4 Å². The van der Waals surface area contributed by atoms with Crippen LogP contribution in [0.2, 0.25) is 10.3 Å². The number of hydrogen-bond donors (Lipinski definition) is 1. The van der Waals surface area contributed by atoms with Crippen LogP contribution >= 0.6 is 39.1 Å². The Morgan fingerprint density at radius 1 is 1.20 bits per heavy atom. The van der Waals surface area contributed by atoms with E-state index in [9.17, 15) is 4.79 Å². The Morgan fingerprint density at radius 2 is 1.84 bits per heavy atom. The molecule has 0 aliphatic heterocycles. The Hall–Kier alpha value is -2.10. The third kappa shape index (κ3) is 4.12. The highest BCUT2D eigenvalue weighted by Crippen LogP contribution is 2.18. The largest absolute Gasteiger partial charge is 0.342 e. The Labute approximate surface area is 160 Å². The van der Waals surface area contributed by atoms with Gasteiger partial charge in [-0.05, 0) is 41.1 Å². The van der Waals surface area contributed by atoms with Crippen molar-refractivity contribution in [2.45, 2.75) is 13.0 Å². The van der Waals surface area contributed by atoms with Gasteiger partial charge < -0.3 is 5.32 Å². The van der Waals surface area contributed by atoms with E-state index < -0.39 is 6.04 Å². The number of amides is 1.